The van der Waals surface area contributed by atoms with E-state index in [1.807, 2.05) is 0 Å². The van der Waals surface area contributed by atoms with Crippen molar-refractivity contribution in [3.05, 3.63) is 0 Å². The number of hydrogen-bond acceptors (Lipinski definition) is 4. The first kappa shape index (κ1) is 22.5. The average Bonchev–Trinajstić information content (AvgIpc) is 3.04. The van der Waals surface area contributed by atoms with Crippen molar-refractivity contribution >= 4 is 5.91 Å². The molecular weight excluding hydrogens is 378 g/mol. The Morgan fingerprint density at radius 2 is 1.70 bits per heavy atom. The van der Waals surface area contributed by atoms with Gasteiger partial charge in [0.15, 0.2) is 0 Å². The molecule has 0 radical (unpaired) electrons. The first-order chi connectivity index (χ1) is 14.1. The van der Waals surface area contributed by atoms with Gasteiger partial charge in [0.25, 0.3) is 0 Å². The molecule has 4 fully saturated rings. The molecule has 4 aliphatic carbocycles. The van der Waals surface area contributed by atoms with Gasteiger partial charge in [-0.2, -0.15) is 0 Å². The summed E-state index contributed by atoms with van der Waals surface area (Å²) >= 11 is 0. The summed E-state index contributed by atoms with van der Waals surface area (Å²) < 4.78 is 0. The van der Waals surface area contributed by atoms with Gasteiger partial charge in [0, 0.05) is 13.5 Å². The summed E-state index contributed by atoms with van der Waals surface area (Å²) in [5.74, 6) is 2.84. The predicted octanol–water partition coefficient (Wildman–Crippen LogP) is 4.24. The van der Waals surface area contributed by atoms with Crippen molar-refractivity contribution in [3.8, 4) is 0 Å². The van der Waals surface area contributed by atoms with Crippen LogP contribution in [0.15, 0.2) is 0 Å². The van der Waals surface area contributed by atoms with Crippen LogP contribution < -0.4 is 0 Å². The first-order valence-corrected chi connectivity index (χ1v) is 12.4. The number of aliphatic hydroxyl groups excluding tert-OH is 2. The second kappa shape index (κ2) is 8.04. The number of hydroxylamine groups is 2. The van der Waals surface area contributed by atoms with Gasteiger partial charge in [0.1, 0.15) is 0 Å². The van der Waals surface area contributed by atoms with E-state index in [1.165, 1.54) is 32.7 Å². The quantitative estimate of drug-likeness (QED) is 0.468. The molecule has 0 aromatic carbocycles. The van der Waals surface area contributed by atoms with E-state index in [2.05, 4.69) is 20.8 Å². The van der Waals surface area contributed by atoms with E-state index in [0.717, 1.165) is 32.1 Å². The van der Waals surface area contributed by atoms with Crippen molar-refractivity contribution in [2.24, 2.45) is 46.3 Å². The minimum Gasteiger partial charge on any atom is -0.393 e. The molecule has 10 atom stereocenters. The van der Waals surface area contributed by atoms with Gasteiger partial charge in [-0.15, -0.1) is 0 Å². The monoisotopic (exact) mass is 421 g/mol. The summed E-state index contributed by atoms with van der Waals surface area (Å²) in [6, 6.07) is 0. The summed E-state index contributed by atoms with van der Waals surface area (Å²) in [7, 11) is 1.41. The lowest BCUT2D eigenvalue weighted by molar-refractivity contribution is -0.174. The van der Waals surface area contributed by atoms with Gasteiger partial charge >= 0.3 is 0 Å². The molecule has 30 heavy (non-hydrogen) atoms. The lowest BCUT2D eigenvalue weighted by Crippen LogP contribution is -2.58. The SMILES string of the molecule is C[C@H](CCC(=O)N(C)O)[C@H]1CC[C@H]2[C@@H]3[C@H](O)C[C@@H]4C[C@H](O)CC[C@]4(C)[C@H]3CC[C@]12C. The van der Waals surface area contributed by atoms with Crippen LogP contribution in [0.4, 0.5) is 0 Å². The van der Waals surface area contributed by atoms with Crippen molar-refractivity contribution in [2.45, 2.75) is 97.2 Å². The van der Waals surface area contributed by atoms with E-state index in [0.29, 0.717) is 47.0 Å². The van der Waals surface area contributed by atoms with Crippen LogP contribution in [0, 0.1) is 46.3 Å². The maximum absolute atomic E-state index is 11.9. The minimum atomic E-state index is -0.235. The Labute approximate surface area is 182 Å². The smallest absolute Gasteiger partial charge is 0.245 e. The van der Waals surface area contributed by atoms with E-state index in [4.69, 9.17) is 0 Å². The highest BCUT2D eigenvalue weighted by atomic mass is 16.5. The molecule has 0 spiro atoms. The van der Waals surface area contributed by atoms with Crippen molar-refractivity contribution in [1.82, 2.24) is 5.06 Å². The number of amides is 1. The Morgan fingerprint density at radius 3 is 2.40 bits per heavy atom. The molecule has 0 aliphatic heterocycles. The summed E-state index contributed by atoms with van der Waals surface area (Å²) in [5.41, 5.74) is 0.513. The van der Waals surface area contributed by atoms with Crippen LogP contribution in [-0.4, -0.2) is 45.6 Å². The van der Waals surface area contributed by atoms with E-state index >= 15 is 0 Å². The average molecular weight is 422 g/mol. The molecule has 0 saturated heterocycles. The molecule has 4 rings (SSSR count). The van der Waals surface area contributed by atoms with Gasteiger partial charge in [-0.3, -0.25) is 10.0 Å². The highest BCUT2D eigenvalue weighted by Crippen LogP contribution is 2.68. The predicted molar refractivity (Wildman–Crippen MR) is 116 cm³/mol. The number of aliphatic hydroxyl groups is 2. The Balaban J connectivity index is 1.51. The third kappa shape index (κ3) is 3.53. The molecule has 4 aliphatic rings. The number of fused-ring (bicyclic) bond motifs is 5. The Bertz CT molecular complexity index is 653. The lowest BCUT2D eigenvalue weighted by Gasteiger charge is -2.62. The highest BCUT2D eigenvalue weighted by Gasteiger charge is 2.62. The Kier molecular flexibility index (Phi) is 6.04. The zero-order valence-corrected chi connectivity index (χ0v) is 19.4. The van der Waals surface area contributed by atoms with Crippen LogP contribution in [0.25, 0.3) is 0 Å². The molecule has 0 aromatic rings. The fraction of sp³-hybridized carbons (Fsp3) is 0.960. The molecule has 3 N–H and O–H groups in total. The van der Waals surface area contributed by atoms with Gasteiger partial charge in [0.05, 0.1) is 12.2 Å². The molecule has 0 bridgehead atoms. The highest BCUT2D eigenvalue weighted by molar-refractivity contribution is 5.74. The molecule has 5 heteroatoms. The first-order valence-electron chi connectivity index (χ1n) is 12.4. The van der Waals surface area contributed by atoms with E-state index in [9.17, 15) is 20.2 Å². The maximum atomic E-state index is 11.9. The van der Waals surface area contributed by atoms with Gasteiger partial charge < -0.3 is 10.2 Å². The molecule has 4 saturated carbocycles. The van der Waals surface area contributed by atoms with Gasteiger partial charge in [-0.1, -0.05) is 20.8 Å². The van der Waals surface area contributed by atoms with Gasteiger partial charge in [0.2, 0.25) is 5.91 Å². The zero-order chi connectivity index (χ0) is 21.8. The summed E-state index contributed by atoms with van der Waals surface area (Å²) in [6.07, 6.45) is 9.37. The van der Waals surface area contributed by atoms with E-state index < -0.39 is 0 Å². The molecule has 0 unspecified atom stereocenters. The maximum Gasteiger partial charge on any atom is 0.245 e. The van der Waals surface area contributed by atoms with Crippen molar-refractivity contribution in [2.75, 3.05) is 7.05 Å². The van der Waals surface area contributed by atoms with Crippen LogP contribution in [0.2, 0.25) is 0 Å². The second-order valence-electron chi connectivity index (χ2n) is 11.9. The van der Waals surface area contributed by atoms with Crippen LogP contribution in [0.5, 0.6) is 0 Å². The molecule has 1 amide bonds. The number of carbonyl (C=O) groups is 1. The Hall–Kier alpha value is -0.650. The van der Waals surface area contributed by atoms with Crippen LogP contribution >= 0.6 is 0 Å². The fourth-order valence-corrected chi connectivity index (χ4v) is 8.89. The minimum absolute atomic E-state index is 0.182. The standard InChI is InChI=1S/C25H43NO4/c1-15(5-8-22(29)26(4)30)18-6-7-19-23-20(10-12-25(18,19)3)24(2)11-9-17(27)13-16(24)14-21(23)28/h15-21,23,27-28,30H,5-14H2,1-4H3/t15-,16+,17-,18-,19+,20+,21-,23+,24+,25-/m1/s1. The number of nitrogens with zero attached hydrogens (tertiary/aromatic N) is 1. The topological polar surface area (TPSA) is 81.0 Å². The third-order valence-corrected chi connectivity index (χ3v) is 10.6. The van der Waals surface area contributed by atoms with E-state index in [1.54, 1.807) is 0 Å². The molecule has 0 aromatic heterocycles. The van der Waals surface area contributed by atoms with Crippen molar-refractivity contribution in [3.63, 3.8) is 0 Å². The van der Waals surface area contributed by atoms with Crippen molar-refractivity contribution < 1.29 is 20.2 Å². The molecule has 5 nitrogen and oxygen atoms in total. The second-order valence-corrected chi connectivity index (χ2v) is 11.9. The van der Waals surface area contributed by atoms with Crippen molar-refractivity contribution in [1.29, 1.82) is 0 Å². The third-order valence-electron chi connectivity index (χ3n) is 10.6. The largest absolute Gasteiger partial charge is 0.393 e. The molecule has 0 heterocycles. The van der Waals surface area contributed by atoms with Crippen LogP contribution in [0.1, 0.15) is 85.0 Å². The Morgan fingerprint density at radius 1 is 1.03 bits per heavy atom. The number of carbonyl (C=O) groups excluding carboxylic acids is 1. The fourth-order valence-electron chi connectivity index (χ4n) is 8.89. The normalized spacial score (nSPS) is 49.0. The van der Waals surface area contributed by atoms with Gasteiger partial charge in [-0.25, -0.2) is 5.06 Å². The number of hydrogen-bond donors (Lipinski definition) is 3. The summed E-state index contributed by atoms with van der Waals surface area (Å²) in [6.45, 7) is 7.21. The molecular formula is C25H43NO4. The van der Waals surface area contributed by atoms with Crippen LogP contribution in [0.3, 0.4) is 0 Å². The summed E-state index contributed by atoms with van der Waals surface area (Å²) in [4.78, 5) is 11.9. The van der Waals surface area contributed by atoms with Gasteiger partial charge in [-0.05, 0) is 104 Å². The van der Waals surface area contributed by atoms with E-state index in [-0.39, 0.29) is 28.9 Å². The summed E-state index contributed by atoms with van der Waals surface area (Å²) in [5, 5.41) is 31.6. The lowest BCUT2D eigenvalue weighted by atomic mass is 9.43. The number of rotatable bonds is 4. The zero-order valence-electron chi connectivity index (χ0n) is 19.4. The molecule has 172 valence electrons. The van der Waals surface area contributed by atoms with Crippen LogP contribution in [-0.2, 0) is 4.79 Å².